The number of hydrogen-bond donors (Lipinski definition) is 2. The van der Waals surface area contributed by atoms with Gasteiger partial charge in [0.1, 0.15) is 16.6 Å². The molecule has 0 radical (unpaired) electrons. The number of unbranched alkanes of at least 4 members (excludes halogenated alkanes) is 2. The molecule has 0 fully saturated rings. The number of carbonyl (C=O) groups excluding carboxylic acids is 1. The van der Waals surface area contributed by atoms with Gasteiger partial charge in [-0.05, 0) is 6.42 Å². The van der Waals surface area contributed by atoms with E-state index in [2.05, 4.69) is 18.3 Å². The predicted octanol–water partition coefficient (Wildman–Crippen LogP) is 3.01. The van der Waals surface area contributed by atoms with Gasteiger partial charge in [-0.2, -0.15) is 5.26 Å². The number of Topliss-reactive ketones (excluding diaryl/α,β-unsaturated/α-hetero) is 1. The van der Waals surface area contributed by atoms with Crippen LogP contribution < -0.4 is 11.1 Å². The first-order chi connectivity index (χ1) is 8.11. The lowest BCUT2D eigenvalue weighted by Crippen LogP contribution is -2.01. The maximum Gasteiger partial charge on any atom is 0.171 e. The zero-order valence-corrected chi connectivity index (χ0v) is 11.0. The molecule has 4 nitrogen and oxygen atoms in total. The lowest BCUT2D eigenvalue weighted by Gasteiger charge is -2.02. The standard InChI is InChI=1S/C12H17N3OS/c1-3-4-5-6-15-12-9(7-13)10(14)11(17-12)8(2)16/h15H,3-6,14H2,1-2H3. The molecule has 0 unspecified atom stereocenters. The second kappa shape index (κ2) is 6.26. The Kier molecular flexibility index (Phi) is 4.98. The van der Waals surface area contributed by atoms with Crippen molar-refractivity contribution in [1.82, 2.24) is 0 Å². The van der Waals surface area contributed by atoms with Gasteiger partial charge in [-0.1, -0.05) is 19.8 Å². The molecule has 1 aromatic heterocycles. The lowest BCUT2D eigenvalue weighted by molar-refractivity contribution is 0.102. The maximum atomic E-state index is 11.3. The van der Waals surface area contributed by atoms with Crippen molar-refractivity contribution >= 4 is 27.8 Å². The molecule has 0 atom stereocenters. The first-order valence-electron chi connectivity index (χ1n) is 5.69. The monoisotopic (exact) mass is 251 g/mol. The summed E-state index contributed by atoms with van der Waals surface area (Å²) >= 11 is 1.27. The van der Waals surface area contributed by atoms with Crippen molar-refractivity contribution in [3.8, 4) is 6.07 Å². The van der Waals surface area contributed by atoms with E-state index in [9.17, 15) is 4.79 Å². The number of ketones is 1. The highest BCUT2D eigenvalue weighted by Gasteiger charge is 2.17. The fourth-order valence-corrected chi connectivity index (χ4v) is 2.51. The molecule has 0 saturated carbocycles. The first-order valence-corrected chi connectivity index (χ1v) is 6.50. The molecule has 1 heterocycles. The van der Waals surface area contributed by atoms with Crippen molar-refractivity contribution in [2.75, 3.05) is 17.6 Å². The minimum Gasteiger partial charge on any atom is -0.396 e. The molecule has 0 aliphatic rings. The van der Waals surface area contributed by atoms with E-state index >= 15 is 0 Å². The number of nitrogens with two attached hydrogens (primary N) is 1. The maximum absolute atomic E-state index is 11.3. The van der Waals surface area contributed by atoms with Crippen LogP contribution in [0.1, 0.15) is 48.3 Å². The van der Waals surface area contributed by atoms with Crippen LogP contribution in [-0.2, 0) is 0 Å². The highest BCUT2D eigenvalue weighted by atomic mass is 32.1. The SMILES string of the molecule is CCCCCNc1sc(C(C)=O)c(N)c1C#N. The molecule has 0 aliphatic carbocycles. The van der Waals surface area contributed by atoms with E-state index < -0.39 is 0 Å². The average molecular weight is 251 g/mol. The van der Waals surface area contributed by atoms with Gasteiger partial charge in [0, 0.05) is 13.5 Å². The molecule has 92 valence electrons. The average Bonchev–Trinajstić information content (AvgIpc) is 2.61. The normalized spacial score (nSPS) is 9.94. The molecule has 1 aromatic rings. The summed E-state index contributed by atoms with van der Waals surface area (Å²) in [4.78, 5) is 11.8. The lowest BCUT2D eigenvalue weighted by atomic mass is 10.2. The smallest absolute Gasteiger partial charge is 0.171 e. The fourth-order valence-electron chi connectivity index (χ4n) is 1.52. The van der Waals surface area contributed by atoms with Gasteiger partial charge in [0.25, 0.3) is 0 Å². The van der Waals surface area contributed by atoms with Crippen LogP contribution in [0, 0.1) is 11.3 Å². The quantitative estimate of drug-likeness (QED) is 0.601. The van der Waals surface area contributed by atoms with E-state index in [1.807, 2.05) is 0 Å². The first kappa shape index (κ1) is 13.5. The van der Waals surface area contributed by atoms with Gasteiger partial charge in [-0.25, -0.2) is 0 Å². The zero-order chi connectivity index (χ0) is 12.8. The second-order valence-corrected chi connectivity index (χ2v) is 4.87. The third-order valence-corrected chi connectivity index (χ3v) is 3.71. The van der Waals surface area contributed by atoms with Crippen LogP contribution in [0.5, 0.6) is 0 Å². The van der Waals surface area contributed by atoms with Crippen molar-refractivity contribution in [1.29, 1.82) is 5.26 Å². The highest BCUT2D eigenvalue weighted by molar-refractivity contribution is 7.18. The van der Waals surface area contributed by atoms with Crippen LogP contribution in [0.25, 0.3) is 0 Å². The molecule has 0 bridgehead atoms. The Morgan fingerprint density at radius 1 is 1.53 bits per heavy atom. The number of nitrogen functional groups attached to an aromatic ring is 1. The summed E-state index contributed by atoms with van der Waals surface area (Å²) < 4.78 is 0. The molecule has 5 heteroatoms. The summed E-state index contributed by atoms with van der Waals surface area (Å²) in [7, 11) is 0. The van der Waals surface area contributed by atoms with E-state index in [1.165, 1.54) is 18.3 Å². The molecule has 0 amide bonds. The number of nitriles is 1. The van der Waals surface area contributed by atoms with Crippen molar-refractivity contribution in [3.63, 3.8) is 0 Å². The molecule has 1 rings (SSSR count). The Morgan fingerprint density at radius 3 is 2.76 bits per heavy atom. The van der Waals surface area contributed by atoms with E-state index in [1.54, 1.807) is 0 Å². The number of nitrogens with one attached hydrogen (secondary N) is 1. The summed E-state index contributed by atoms with van der Waals surface area (Å²) in [6, 6.07) is 2.05. The van der Waals surface area contributed by atoms with E-state index in [-0.39, 0.29) is 5.78 Å². The van der Waals surface area contributed by atoms with Crippen LogP contribution in [-0.4, -0.2) is 12.3 Å². The van der Waals surface area contributed by atoms with Crippen LogP contribution in [0.3, 0.4) is 0 Å². The van der Waals surface area contributed by atoms with E-state index in [0.29, 0.717) is 21.1 Å². The number of anilines is 2. The Labute approximate surface area is 105 Å². The summed E-state index contributed by atoms with van der Waals surface area (Å²) in [5, 5.41) is 12.9. The molecule has 0 spiro atoms. The van der Waals surface area contributed by atoms with Gasteiger partial charge >= 0.3 is 0 Å². The van der Waals surface area contributed by atoms with Gasteiger partial charge in [0.2, 0.25) is 0 Å². The minimum atomic E-state index is -0.0920. The summed E-state index contributed by atoms with van der Waals surface area (Å²) in [6.07, 6.45) is 3.35. The molecular formula is C12H17N3OS. The number of thiophene rings is 1. The Balaban J connectivity index is 2.81. The molecule has 0 aromatic carbocycles. The second-order valence-electron chi connectivity index (χ2n) is 3.85. The van der Waals surface area contributed by atoms with E-state index in [4.69, 9.17) is 11.0 Å². The van der Waals surface area contributed by atoms with Crippen LogP contribution in [0.4, 0.5) is 10.7 Å². The van der Waals surface area contributed by atoms with Crippen LogP contribution in [0.15, 0.2) is 0 Å². The zero-order valence-electron chi connectivity index (χ0n) is 10.2. The fraction of sp³-hybridized carbons (Fsp3) is 0.500. The predicted molar refractivity (Wildman–Crippen MR) is 71.5 cm³/mol. The topological polar surface area (TPSA) is 78.9 Å². The van der Waals surface area contributed by atoms with E-state index in [0.717, 1.165) is 25.8 Å². The van der Waals surface area contributed by atoms with Gasteiger partial charge in [0.05, 0.1) is 10.6 Å². The summed E-state index contributed by atoms with van der Waals surface area (Å²) in [5.74, 6) is -0.0920. The summed E-state index contributed by atoms with van der Waals surface area (Å²) in [6.45, 7) is 4.40. The highest BCUT2D eigenvalue weighted by Crippen LogP contribution is 2.35. The molecular weight excluding hydrogens is 234 g/mol. The van der Waals surface area contributed by atoms with Crippen molar-refractivity contribution in [2.24, 2.45) is 0 Å². The van der Waals surface area contributed by atoms with Gasteiger partial charge < -0.3 is 11.1 Å². The summed E-state index contributed by atoms with van der Waals surface area (Å²) in [5.41, 5.74) is 6.48. The largest absolute Gasteiger partial charge is 0.396 e. The third kappa shape index (κ3) is 3.21. The van der Waals surface area contributed by atoms with Crippen LogP contribution in [0.2, 0.25) is 0 Å². The van der Waals surface area contributed by atoms with Crippen molar-refractivity contribution in [2.45, 2.75) is 33.1 Å². The Morgan fingerprint density at radius 2 is 2.24 bits per heavy atom. The molecule has 0 aliphatic heterocycles. The van der Waals surface area contributed by atoms with Gasteiger partial charge in [-0.3, -0.25) is 4.79 Å². The minimum absolute atomic E-state index is 0.0920. The molecule has 0 saturated heterocycles. The van der Waals surface area contributed by atoms with Crippen LogP contribution >= 0.6 is 11.3 Å². The molecule has 17 heavy (non-hydrogen) atoms. The van der Waals surface area contributed by atoms with Gasteiger partial charge in [0.15, 0.2) is 5.78 Å². The Hall–Kier alpha value is -1.54. The Bertz CT molecular complexity index is 445. The number of rotatable bonds is 6. The number of carbonyl (C=O) groups is 1. The third-order valence-electron chi connectivity index (χ3n) is 2.44. The van der Waals surface area contributed by atoms with Crippen molar-refractivity contribution < 1.29 is 4.79 Å². The van der Waals surface area contributed by atoms with Gasteiger partial charge in [-0.15, -0.1) is 11.3 Å². The van der Waals surface area contributed by atoms with Crippen molar-refractivity contribution in [3.05, 3.63) is 10.4 Å². The molecule has 3 N–H and O–H groups in total. The number of nitrogens with zero attached hydrogens (tertiary/aromatic N) is 1. The number of hydrogen-bond acceptors (Lipinski definition) is 5.